The largest absolute Gasteiger partial charge is 0.497 e. The van der Waals surface area contributed by atoms with Gasteiger partial charge in [-0.05, 0) is 54.7 Å². The molecule has 4 rings (SSSR count). The fourth-order valence-electron chi connectivity index (χ4n) is 4.82. The minimum atomic E-state index is -0.715. The number of hydrogen-bond donors (Lipinski definition) is 2. The molecule has 1 unspecified atom stereocenters. The van der Waals surface area contributed by atoms with E-state index in [1.807, 2.05) is 48.5 Å². The third-order valence-corrected chi connectivity index (χ3v) is 7.00. The Kier molecular flexibility index (Phi) is 8.10. The van der Waals surface area contributed by atoms with Gasteiger partial charge >= 0.3 is 6.03 Å². The topological polar surface area (TPSA) is 106 Å². The molecule has 2 aromatic rings. The van der Waals surface area contributed by atoms with Crippen molar-refractivity contribution in [2.24, 2.45) is 0 Å². The minimum Gasteiger partial charge on any atom is -0.497 e. The van der Waals surface area contributed by atoms with Crippen LogP contribution in [-0.4, -0.2) is 62.8 Å². The molecule has 2 heterocycles. The zero-order chi connectivity index (χ0) is 25.5. The van der Waals surface area contributed by atoms with Gasteiger partial charge in [-0.15, -0.1) is 0 Å². The van der Waals surface area contributed by atoms with E-state index in [4.69, 9.17) is 14.2 Å². The summed E-state index contributed by atoms with van der Waals surface area (Å²) in [6.07, 6.45) is 1.77. The van der Waals surface area contributed by atoms with E-state index >= 15 is 0 Å². The van der Waals surface area contributed by atoms with Crippen molar-refractivity contribution in [1.82, 2.24) is 15.5 Å². The van der Waals surface area contributed by atoms with E-state index in [9.17, 15) is 14.4 Å². The van der Waals surface area contributed by atoms with E-state index in [1.165, 1.54) is 4.90 Å². The van der Waals surface area contributed by atoms with E-state index in [0.717, 1.165) is 22.6 Å². The molecule has 192 valence electrons. The highest BCUT2D eigenvalue weighted by molar-refractivity contribution is 6.04. The monoisotopic (exact) mass is 495 g/mol. The SMILES string of the molecule is COc1ccc(C2(CN3C(=O)NC(CCC(=O)NCc4cccc(OC)c4)C3=O)CCOCC2)cc1. The molecule has 2 aliphatic heterocycles. The quantitative estimate of drug-likeness (QED) is 0.491. The Morgan fingerprint density at radius 3 is 2.50 bits per heavy atom. The van der Waals surface area contributed by atoms with E-state index in [1.54, 1.807) is 14.2 Å². The number of carbonyl (C=O) groups excluding carboxylic acids is 3. The van der Waals surface area contributed by atoms with E-state index < -0.39 is 12.1 Å². The number of nitrogens with one attached hydrogen (secondary N) is 2. The van der Waals surface area contributed by atoms with Crippen LogP contribution in [0.25, 0.3) is 0 Å². The van der Waals surface area contributed by atoms with Crippen molar-refractivity contribution in [3.63, 3.8) is 0 Å². The summed E-state index contributed by atoms with van der Waals surface area (Å²) >= 11 is 0. The van der Waals surface area contributed by atoms with Gasteiger partial charge in [-0.3, -0.25) is 14.5 Å². The summed E-state index contributed by atoms with van der Waals surface area (Å²) in [6.45, 7) is 1.75. The number of amides is 4. The molecule has 2 aliphatic rings. The molecule has 0 saturated carbocycles. The molecule has 2 aromatic carbocycles. The molecule has 0 aromatic heterocycles. The Morgan fingerprint density at radius 2 is 1.81 bits per heavy atom. The van der Waals surface area contributed by atoms with Crippen molar-refractivity contribution in [3.8, 4) is 11.5 Å². The Bertz CT molecular complexity index is 1080. The zero-order valence-corrected chi connectivity index (χ0v) is 20.7. The molecule has 0 bridgehead atoms. The normalized spacial score (nSPS) is 19.1. The predicted octanol–water partition coefficient (Wildman–Crippen LogP) is 2.77. The first kappa shape index (κ1) is 25.5. The van der Waals surface area contributed by atoms with Gasteiger partial charge in [0, 0.05) is 38.1 Å². The molecule has 1 atom stereocenters. The number of carbonyl (C=O) groups is 3. The number of urea groups is 1. The Balaban J connectivity index is 1.35. The molecule has 9 nitrogen and oxygen atoms in total. The van der Waals surface area contributed by atoms with Crippen molar-refractivity contribution < 1.29 is 28.6 Å². The van der Waals surface area contributed by atoms with Gasteiger partial charge in [-0.1, -0.05) is 24.3 Å². The van der Waals surface area contributed by atoms with Gasteiger partial charge in [0.05, 0.1) is 14.2 Å². The number of methoxy groups -OCH3 is 2. The molecule has 2 fully saturated rings. The summed E-state index contributed by atoms with van der Waals surface area (Å²) in [5.41, 5.74) is 1.58. The van der Waals surface area contributed by atoms with Crippen LogP contribution in [0, 0.1) is 0 Å². The average Bonchev–Trinajstić information content (AvgIpc) is 3.18. The summed E-state index contributed by atoms with van der Waals surface area (Å²) in [5.74, 6) is 0.996. The lowest BCUT2D eigenvalue weighted by Gasteiger charge is -2.39. The second-order valence-electron chi connectivity index (χ2n) is 9.21. The van der Waals surface area contributed by atoms with Crippen molar-refractivity contribution in [3.05, 3.63) is 59.7 Å². The maximum absolute atomic E-state index is 13.2. The molecule has 9 heteroatoms. The third kappa shape index (κ3) is 5.79. The summed E-state index contributed by atoms with van der Waals surface area (Å²) in [4.78, 5) is 39.7. The highest BCUT2D eigenvalue weighted by Crippen LogP contribution is 2.37. The summed E-state index contributed by atoms with van der Waals surface area (Å²) in [6, 6.07) is 14.1. The number of rotatable bonds is 10. The molecule has 4 amide bonds. The molecule has 2 saturated heterocycles. The van der Waals surface area contributed by atoms with Crippen molar-refractivity contribution in [2.45, 2.75) is 43.7 Å². The van der Waals surface area contributed by atoms with Crippen LogP contribution in [0.2, 0.25) is 0 Å². The Hall–Kier alpha value is -3.59. The lowest BCUT2D eigenvalue weighted by atomic mass is 9.73. The second kappa shape index (κ2) is 11.4. The Morgan fingerprint density at radius 1 is 1.08 bits per heavy atom. The number of nitrogens with zero attached hydrogens (tertiary/aromatic N) is 1. The van der Waals surface area contributed by atoms with Gasteiger partial charge in [-0.25, -0.2) is 4.79 Å². The van der Waals surface area contributed by atoms with E-state index in [0.29, 0.717) is 32.6 Å². The van der Waals surface area contributed by atoms with Crippen molar-refractivity contribution in [1.29, 1.82) is 0 Å². The van der Waals surface area contributed by atoms with E-state index in [-0.39, 0.29) is 36.6 Å². The fraction of sp³-hybridized carbons (Fsp3) is 0.444. The fourth-order valence-corrected chi connectivity index (χ4v) is 4.82. The van der Waals surface area contributed by atoms with Gasteiger partial charge in [0.15, 0.2) is 0 Å². The van der Waals surface area contributed by atoms with Crippen LogP contribution < -0.4 is 20.1 Å². The van der Waals surface area contributed by atoms with Gasteiger partial charge in [0.25, 0.3) is 5.91 Å². The highest BCUT2D eigenvalue weighted by Gasteiger charge is 2.44. The number of benzene rings is 2. The maximum Gasteiger partial charge on any atom is 0.324 e. The van der Waals surface area contributed by atoms with Crippen LogP contribution in [0.5, 0.6) is 11.5 Å². The first-order valence-electron chi connectivity index (χ1n) is 12.2. The van der Waals surface area contributed by atoms with Crippen LogP contribution in [0.15, 0.2) is 48.5 Å². The minimum absolute atomic E-state index is 0.131. The average molecular weight is 496 g/mol. The molecule has 0 aliphatic carbocycles. The van der Waals surface area contributed by atoms with Gasteiger partial charge < -0.3 is 24.8 Å². The lowest BCUT2D eigenvalue weighted by Crippen LogP contribution is -2.47. The van der Waals surface area contributed by atoms with Crippen molar-refractivity contribution in [2.75, 3.05) is 34.0 Å². The maximum atomic E-state index is 13.2. The van der Waals surface area contributed by atoms with Crippen LogP contribution in [-0.2, 0) is 26.3 Å². The molecular weight excluding hydrogens is 462 g/mol. The standard InChI is InChI=1S/C27H33N3O6/c1-34-21-8-6-20(7-9-21)27(12-14-36-15-13-27)18-30-25(32)23(29-26(30)33)10-11-24(31)28-17-19-4-3-5-22(16-19)35-2/h3-9,16,23H,10-15,17-18H2,1-2H3,(H,28,31)(H,29,33). The van der Waals surface area contributed by atoms with Crippen LogP contribution in [0.1, 0.15) is 36.8 Å². The van der Waals surface area contributed by atoms with Crippen LogP contribution in [0.3, 0.4) is 0 Å². The molecule has 0 radical (unpaired) electrons. The lowest BCUT2D eigenvalue weighted by molar-refractivity contribution is -0.129. The number of imide groups is 1. The first-order valence-corrected chi connectivity index (χ1v) is 12.2. The number of hydrogen-bond acceptors (Lipinski definition) is 6. The van der Waals surface area contributed by atoms with Crippen LogP contribution in [0.4, 0.5) is 4.79 Å². The predicted molar refractivity (Wildman–Crippen MR) is 133 cm³/mol. The first-order chi connectivity index (χ1) is 17.4. The smallest absolute Gasteiger partial charge is 0.324 e. The van der Waals surface area contributed by atoms with Gasteiger partial charge in [-0.2, -0.15) is 0 Å². The second-order valence-corrected chi connectivity index (χ2v) is 9.21. The summed E-state index contributed by atoms with van der Waals surface area (Å²) in [7, 11) is 3.21. The van der Waals surface area contributed by atoms with Gasteiger partial charge in [0.1, 0.15) is 17.5 Å². The summed E-state index contributed by atoms with van der Waals surface area (Å²) < 4.78 is 16.1. The van der Waals surface area contributed by atoms with Crippen LogP contribution >= 0.6 is 0 Å². The zero-order valence-electron chi connectivity index (χ0n) is 20.7. The number of ether oxygens (including phenoxy) is 3. The molecular formula is C27H33N3O6. The molecule has 2 N–H and O–H groups in total. The molecule has 36 heavy (non-hydrogen) atoms. The molecule has 0 spiro atoms. The van der Waals surface area contributed by atoms with E-state index in [2.05, 4.69) is 10.6 Å². The third-order valence-electron chi connectivity index (χ3n) is 7.00. The highest BCUT2D eigenvalue weighted by atomic mass is 16.5. The Labute approximate surface area is 211 Å². The summed E-state index contributed by atoms with van der Waals surface area (Å²) in [5, 5.41) is 5.62. The van der Waals surface area contributed by atoms with Crippen molar-refractivity contribution >= 4 is 17.8 Å². The van der Waals surface area contributed by atoms with Gasteiger partial charge in [0.2, 0.25) is 5.91 Å².